The molecule has 2 aromatic rings. The number of rotatable bonds is 5. The molecular formula is C23H31N4NaO5S. The zero-order valence-electron chi connectivity index (χ0n) is 21.1. The second-order valence-corrected chi connectivity index (χ2v) is 10.7. The zero-order chi connectivity index (χ0) is 23.2. The Hall–Kier alpha value is -1.59. The van der Waals surface area contributed by atoms with Crippen LogP contribution in [0, 0.1) is 13.8 Å². The van der Waals surface area contributed by atoms with Crippen LogP contribution in [0.2, 0.25) is 0 Å². The number of fused-ring (bicyclic) bond motifs is 2. The van der Waals surface area contributed by atoms with Crippen molar-refractivity contribution in [1.82, 2.24) is 9.88 Å². The number of amides is 2. The van der Waals surface area contributed by atoms with Crippen LogP contribution in [0.25, 0.3) is 0 Å². The fraction of sp³-hybridized carbons (Fsp3) is 0.565. The Bertz CT molecular complexity index is 1160. The molecule has 3 aliphatic rings. The summed E-state index contributed by atoms with van der Waals surface area (Å²) in [5, 5.41) is 6.83. The summed E-state index contributed by atoms with van der Waals surface area (Å²) >= 11 is 0. The van der Waals surface area contributed by atoms with Crippen molar-refractivity contribution >= 4 is 27.8 Å². The molecule has 0 radical (unpaired) electrons. The summed E-state index contributed by atoms with van der Waals surface area (Å²) in [6.45, 7) is 4.40. The molecule has 11 heteroatoms. The number of nitrogens with one attached hydrogen (secondary N) is 2. The van der Waals surface area contributed by atoms with Crippen molar-refractivity contribution in [2.45, 2.75) is 71.3 Å². The van der Waals surface area contributed by atoms with E-state index in [2.05, 4.69) is 21.3 Å². The van der Waals surface area contributed by atoms with Crippen LogP contribution >= 0.6 is 0 Å². The second-order valence-electron chi connectivity index (χ2n) is 9.13. The summed E-state index contributed by atoms with van der Waals surface area (Å²) in [6.07, 6.45) is 6.90. The normalized spacial score (nSPS) is 17.6. The number of nitrogens with zero attached hydrogens (tertiary/aromatic N) is 2. The summed E-state index contributed by atoms with van der Waals surface area (Å²) in [5.41, 5.74) is 6.87. The van der Waals surface area contributed by atoms with E-state index in [0.717, 1.165) is 55.3 Å². The number of benzene rings is 1. The largest absolute Gasteiger partial charge is 1.00 e. The van der Waals surface area contributed by atoms with E-state index in [9.17, 15) is 13.2 Å². The summed E-state index contributed by atoms with van der Waals surface area (Å²) < 4.78 is 41.2. The van der Waals surface area contributed by atoms with Crippen molar-refractivity contribution in [2.24, 2.45) is 0 Å². The number of aromatic nitrogens is 1. The third-order valence-electron chi connectivity index (χ3n) is 7.05. The number of aryl methyl sites for hydroxylation is 3. The average molecular weight is 499 g/mol. The van der Waals surface area contributed by atoms with E-state index in [1.807, 2.05) is 0 Å². The molecule has 0 bridgehead atoms. The van der Waals surface area contributed by atoms with Crippen LogP contribution in [0.4, 0.5) is 16.4 Å². The van der Waals surface area contributed by atoms with E-state index in [-0.39, 0.29) is 42.9 Å². The van der Waals surface area contributed by atoms with Gasteiger partial charge in [-0.05, 0) is 87.5 Å². The molecule has 1 aliphatic heterocycles. The van der Waals surface area contributed by atoms with Crippen molar-refractivity contribution < 1.29 is 53.5 Å². The van der Waals surface area contributed by atoms with Gasteiger partial charge in [0, 0.05) is 24.5 Å². The number of hydrogen-bond acceptors (Lipinski definition) is 6. The Morgan fingerprint density at radius 3 is 2.26 bits per heavy atom. The number of urea groups is 1. The molecule has 5 rings (SSSR count). The monoisotopic (exact) mass is 498 g/mol. The van der Waals surface area contributed by atoms with Gasteiger partial charge in [0.2, 0.25) is 5.88 Å². The Morgan fingerprint density at radius 2 is 1.71 bits per heavy atom. The first kappa shape index (κ1) is 25.5. The molecular weight excluding hydrogens is 467 g/mol. The minimum Gasteiger partial charge on any atom is -1.00 e. The van der Waals surface area contributed by atoms with Crippen LogP contribution in [-0.4, -0.2) is 38.9 Å². The van der Waals surface area contributed by atoms with E-state index in [0.29, 0.717) is 37.3 Å². The van der Waals surface area contributed by atoms with E-state index < -0.39 is 16.2 Å². The van der Waals surface area contributed by atoms with Crippen molar-refractivity contribution in [3.8, 4) is 0 Å². The minimum absolute atomic E-state index is 0. The molecule has 1 aromatic carbocycles. The van der Waals surface area contributed by atoms with Crippen molar-refractivity contribution in [3.63, 3.8) is 0 Å². The van der Waals surface area contributed by atoms with Gasteiger partial charge in [0.15, 0.2) is 0 Å². The molecule has 2 amide bonds. The van der Waals surface area contributed by atoms with Crippen LogP contribution < -0.4 is 43.9 Å². The molecule has 1 saturated heterocycles. The van der Waals surface area contributed by atoms with E-state index >= 15 is 0 Å². The zero-order valence-corrected chi connectivity index (χ0v) is 22.9. The molecule has 180 valence electrons. The van der Waals surface area contributed by atoms with Crippen LogP contribution in [0.15, 0.2) is 10.6 Å². The van der Waals surface area contributed by atoms with Crippen LogP contribution in [0.1, 0.15) is 60.6 Å². The molecule has 2 heterocycles. The average Bonchev–Trinajstić information content (AvgIpc) is 3.51. The summed E-state index contributed by atoms with van der Waals surface area (Å²) in [4.78, 5) is 13.0. The minimum atomic E-state index is -4.25. The third kappa shape index (κ3) is 4.75. The first-order valence-corrected chi connectivity index (χ1v) is 13.1. The van der Waals surface area contributed by atoms with E-state index in [1.54, 1.807) is 13.8 Å². The molecule has 0 saturated carbocycles. The number of ether oxygens (including phenoxy) is 1. The van der Waals surface area contributed by atoms with Crippen LogP contribution in [-0.2, 0) is 40.6 Å². The fourth-order valence-corrected chi connectivity index (χ4v) is 6.65. The quantitative estimate of drug-likeness (QED) is 0.579. The predicted octanol–water partition coefficient (Wildman–Crippen LogP) is 0.437. The van der Waals surface area contributed by atoms with Gasteiger partial charge in [-0.2, -0.15) is 8.42 Å². The van der Waals surface area contributed by atoms with Gasteiger partial charge in [-0.25, -0.2) is 13.8 Å². The number of anilines is 2. The smallest absolute Gasteiger partial charge is 1.00 e. The Labute approximate surface area is 223 Å². The number of carbonyl (C=O) groups is 1. The van der Waals surface area contributed by atoms with Gasteiger partial charge in [0.25, 0.3) is 0 Å². The van der Waals surface area contributed by atoms with Gasteiger partial charge in [0.05, 0.1) is 11.7 Å². The Balaban J connectivity index is 0.00000171. The number of hydrogen-bond donors (Lipinski definition) is 2. The van der Waals surface area contributed by atoms with Crippen LogP contribution in [0.3, 0.4) is 0 Å². The first-order chi connectivity index (χ1) is 15.8. The third-order valence-corrected chi connectivity index (χ3v) is 8.47. The maximum atomic E-state index is 13.5. The van der Waals surface area contributed by atoms with Gasteiger partial charge in [-0.15, -0.1) is 0 Å². The molecule has 9 nitrogen and oxygen atoms in total. The SMILES string of the molecule is Cc1noc(N(C2CCOCC2)S(=O)(=O)NC(=O)Nc2c3c(cc4c2CCC4)CCC3)c1C.[H-].[Na+]. The first-order valence-electron chi connectivity index (χ1n) is 11.7. The summed E-state index contributed by atoms with van der Waals surface area (Å²) in [6, 6.07) is 1.13. The molecule has 0 spiro atoms. The molecule has 34 heavy (non-hydrogen) atoms. The van der Waals surface area contributed by atoms with Crippen molar-refractivity contribution in [2.75, 3.05) is 22.8 Å². The van der Waals surface area contributed by atoms with Crippen molar-refractivity contribution in [3.05, 3.63) is 39.6 Å². The Kier molecular flexibility index (Phi) is 7.64. The van der Waals surface area contributed by atoms with Gasteiger partial charge in [-0.1, -0.05) is 11.2 Å². The molecule has 2 aliphatic carbocycles. The van der Waals surface area contributed by atoms with Gasteiger partial charge in [-0.3, -0.25) is 0 Å². The van der Waals surface area contributed by atoms with Gasteiger partial charge < -0.3 is 16.0 Å². The fourth-order valence-electron chi connectivity index (χ4n) is 5.27. The topological polar surface area (TPSA) is 114 Å². The van der Waals surface area contributed by atoms with Crippen molar-refractivity contribution in [1.29, 1.82) is 0 Å². The molecule has 0 atom stereocenters. The predicted molar refractivity (Wildman–Crippen MR) is 125 cm³/mol. The van der Waals surface area contributed by atoms with Gasteiger partial charge in [0.1, 0.15) is 0 Å². The maximum absolute atomic E-state index is 13.5. The molecule has 1 aromatic heterocycles. The molecule has 0 unspecified atom stereocenters. The van der Waals surface area contributed by atoms with E-state index in [4.69, 9.17) is 9.26 Å². The summed E-state index contributed by atoms with van der Waals surface area (Å²) in [7, 11) is -4.25. The standard InChI is InChI=1S/C23H30N4O5S.Na.H/c1-14-15(2)25-32-22(14)27(18-9-11-31-12-10-18)33(29,30)26-23(28)24-21-19-7-3-5-16(19)13-17-6-4-8-20(17)21;;/h13,18H,3-12H2,1-2H3,(H2,24,26,28);;/q;+1;-1. The van der Waals surface area contributed by atoms with E-state index in [1.165, 1.54) is 15.4 Å². The molecule has 2 N–H and O–H groups in total. The number of carbonyl (C=O) groups excluding carboxylic acids is 1. The second kappa shape index (κ2) is 10.2. The van der Waals surface area contributed by atoms with Gasteiger partial charge >= 0.3 is 45.8 Å². The van der Waals surface area contributed by atoms with Crippen LogP contribution in [0.5, 0.6) is 0 Å². The summed E-state index contributed by atoms with van der Waals surface area (Å²) in [5.74, 6) is 0.140. The maximum Gasteiger partial charge on any atom is 1.00 e. The Morgan fingerprint density at radius 1 is 1.09 bits per heavy atom. The molecule has 1 fully saturated rings.